The lowest BCUT2D eigenvalue weighted by Crippen LogP contribution is -2.43. The van der Waals surface area contributed by atoms with E-state index in [2.05, 4.69) is 11.9 Å². The summed E-state index contributed by atoms with van der Waals surface area (Å²) >= 11 is 0. The molecule has 1 heterocycles. The van der Waals surface area contributed by atoms with Gasteiger partial charge in [0.05, 0.1) is 12.7 Å². The van der Waals surface area contributed by atoms with Gasteiger partial charge in [-0.2, -0.15) is 0 Å². The number of ether oxygens (including phenoxy) is 2. The number of rotatable bonds is 3. The molecule has 0 saturated carbocycles. The molecule has 0 aromatic carbocycles. The van der Waals surface area contributed by atoms with Gasteiger partial charge in [0, 0.05) is 33.2 Å². The van der Waals surface area contributed by atoms with Crippen LogP contribution in [0.3, 0.4) is 0 Å². The zero-order valence-electron chi connectivity index (χ0n) is 12.2. The van der Waals surface area contributed by atoms with E-state index in [1.807, 2.05) is 27.7 Å². The lowest BCUT2D eigenvalue weighted by molar-refractivity contribution is -0.0291. The van der Waals surface area contributed by atoms with Crippen molar-refractivity contribution in [2.24, 2.45) is 5.92 Å². The predicted molar refractivity (Wildman–Crippen MR) is 71.0 cm³/mol. The maximum absolute atomic E-state index is 5.40. The lowest BCUT2D eigenvalue weighted by Gasteiger charge is -2.35. The molecule has 1 unspecified atom stereocenters. The first-order valence-corrected chi connectivity index (χ1v) is 6.48. The molecule has 16 heavy (non-hydrogen) atoms. The van der Waals surface area contributed by atoms with Crippen LogP contribution in [-0.2, 0) is 9.47 Å². The largest absolute Gasteiger partial charge is 0.384 e. The summed E-state index contributed by atoms with van der Waals surface area (Å²) in [5.74, 6) is 0.541. The van der Waals surface area contributed by atoms with Gasteiger partial charge in [-0.05, 0) is 13.5 Å². The smallest absolute Gasteiger partial charge is 0.0645 e. The third-order valence-electron chi connectivity index (χ3n) is 2.55. The molecule has 0 aliphatic carbocycles. The summed E-state index contributed by atoms with van der Waals surface area (Å²) in [5.41, 5.74) is 0. The van der Waals surface area contributed by atoms with E-state index in [0.29, 0.717) is 12.0 Å². The van der Waals surface area contributed by atoms with E-state index in [4.69, 9.17) is 9.47 Å². The van der Waals surface area contributed by atoms with Crippen molar-refractivity contribution in [1.29, 1.82) is 0 Å². The van der Waals surface area contributed by atoms with Gasteiger partial charge in [0.1, 0.15) is 0 Å². The maximum Gasteiger partial charge on any atom is 0.0645 e. The number of methoxy groups -OCH3 is 2. The molecule has 1 fully saturated rings. The van der Waals surface area contributed by atoms with Crippen molar-refractivity contribution in [3.63, 3.8) is 0 Å². The molecule has 0 aromatic heterocycles. The van der Waals surface area contributed by atoms with Crippen molar-refractivity contribution in [3.05, 3.63) is 0 Å². The van der Waals surface area contributed by atoms with Crippen LogP contribution in [0, 0.1) is 5.92 Å². The second-order valence-electron chi connectivity index (χ2n) is 3.54. The quantitative estimate of drug-likeness (QED) is 0.748. The second-order valence-corrected chi connectivity index (χ2v) is 3.54. The summed E-state index contributed by atoms with van der Waals surface area (Å²) in [6, 6.07) is 0. The monoisotopic (exact) mass is 233 g/mol. The standard InChI is InChI=1S/C9H19NO2.2C2H6/c1-10-5-4-9(12-3)8(6-10)7-11-2;2*1-2/h8-9H,4-7H2,1-3H3;2*1-2H3/t8?,9-;;/m0../s1. The molecule has 1 aliphatic heterocycles. The first-order valence-electron chi connectivity index (χ1n) is 6.48. The molecule has 1 rings (SSSR count). The minimum Gasteiger partial charge on any atom is -0.384 e. The molecule has 100 valence electrons. The van der Waals surface area contributed by atoms with E-state index >= 15 is 0 Å². The summed E-state index contributed by atoms with van der Waals surface area (Å²) in [6.07, 6.45) is 1.52. The summed E-state index contributed by atoms with van der Waals surface area (Å²) < 4.78 is 10.6. The average Bonchev–Trinajstić information content (AvgIpc) is 2.35. The summed E-state index contributed by atoms with van der Waals surface area (Å²) in [5, 5.41) is 0. The number of hydrogen-bond donors (Lipinski definition) is 0. The van der Waals surface area contributed by atoms with Crippen LogP contribution in [0.5, 0.6) is 0 Å². The Balaban J connectivity index is 0. The van der Waals surface area contributed by atoms with Crippen molar-refractivity contribution >= 4 is 0 Å². The van der Waals surface area contributed by atoms with Crippen LogP contribution in [0.2, 0.25) is 0 Å². The molecule has 0 amide bonds. The van der Waals surface area contributed by atoms with E-state index in [9.17, 15) is 0 Å². The third kappa shape index (κ3) is 7.20. The van der Waals surface area contributed by atoms with E-state index in [1.54, 1.807) is 14.2 Å². The molecule has 0 aromatic rings. The minimum absolute atomic E-state index is 0.390. The van der Waals surface area contributed by atoms with Gasteiger partial charge in [0.15, 0.2) is 0 Å². The van der Waals surface area contributed by atoms with Crippen molar-refractivity contribution in [2.45, 2.75) is 40.2 Å². The highest BCUT2D eigenvalue weighted by Gasteiger charge is 2.27. The maximum atomic E-state index is 5.40. The van der Waals surface area contributed by atoms with E-state index in [1.165, 1.54) is 0 Å². The van der Waals surface area contributed by atoms with Crippen LogP contribution in [0.1, 0.15) is 34.1 Å². The van der Waals surface area contributed by atoms with Crippen molar-refractivity contribution in [3.8, 4) is 0 Å². The van der Waals surface area contributed by atoms with Crippen molar-refractivity contribution < 1.29 is 9.47 Å². The fraction of sp³-hybridized carbons (Fsp3) is 1.00. The molecule has 0 spiro atoms. The molecule has 0 bridgehead atoms. The van der Waals surface area contributed by atoms with Gasteiger partial charge >= 0.3 is 0 Å². The van der Waals surface area contributed by atoms with Gasteiger partial charge in [-0.25, -0.2) is 0 Å². The Morgan fingerprint density at radius 1 is 1.12 bits per heavy atom. The van der Waals surface area contributed by atoms with E-state index in [0.717, 1.165) is 26.1 Å². The number of hydrogen-bond acceptors (Lipinski definition) is 3. The van der Waals surface area contributed by atoms with E-state index in [-0.39, 0.29) is 0 Å². The molecule has 0 radical (unpaired) electrons. The van der Waals surface area contributed by atoms with Gasteiger partial charge in [-0.3, -0.25) is 0 Å². The SMILES string of the molecule is CC.CC.COCC1CN(C)CC[C@@H]1OC. The fourth-order valence-corrected chi connectivity index (χ4v) is 1.88. The third-order valence-corrected chi connectivity index (χ3v) is 2.55. The zero-order chi connectivity index (χ0) is 13.0. The predicted octanol–water partition coefficient (Wildman–Crippen LogP) is 2.65. The highest BCUT2D eigenvalue weighted by molar-refractivity contribution is 4.79. The number of piperidine rings is 1. The van der Waals surface area contributed by atoms with Crippen LogP contribution in [-0.4, -0.2) is 52.0 Å². The van der Waals surface area contributed by atoms with Crippen molar-refractivity contribution in [1.82, 2.24) is 4.90 Å². The Hall–Kier alpha value is -0.120. The molecule has 3 heteroatoms. The highest BCUT2D eigenvalue weighted by Crippen LogP contribution is 2.18. The van der Waals surface area contributed by atoms with Gasteiger partial charge in [0.2, 0.25) is 0 Å². The summed E-state index contributed by atoms with van der Waals surface area (Å²) in [4.78, 5) is 2.33. The van der Waals surface area contributed by atoms with Crippen molar-refractivity contribution in [2.75, 3.05) is 41.0 Å². The Bertz CT molecular complexity index is 131. The van der Waals surface area contributed by atoms with Gasteiger partial charge in [0.25, 0.3) is 0 Å². The summed E-state index contributed by atoms with van der Waals surface area (Å²) in [6.45, 7) is 11.0. The molecular weight excluding hydrogens is 202 g/mol. The molecule has 1 saturated heterocycles. The van der Waals surface area contributed by atoms with Gasteiger partial charge in [-0.15, -0.1) is 0 Å². The molecule has 2 atom stereocenters. The highest BCUT2D eigenvalue weighted by atomic mass is 16.5. The van der Waals surface area contributed by atoms with Crippen LogP contribution < -0.4 is 0 Å². The van der Waals surface area contributed by atoms with Crippen LogP contribution in [0.4, 0.5) is 0 Å². The Kier molecular flexibility index (Phi) is 14.8. The Morgan fingerprint density at radius 2 is 1.69 bits per heavy atom. The molecule has 0 N–H and O–H groups in total. The van der Waals surface area contributed by atoms with Crippen LogP contribution in [0.25, 0.3) is 0 Å². The second kappa shape index (κ2) is 12.9. The average molecular weight is 233 g/mol. The number of likely N-dealkylation sites (tertiary alicyclic amines) is 1. The number of nitrogens with zero attached hydrogens (tertiary/aromatic N) is 1. The van der Waals surface area contributed by atoms with E-state index < -0.39 is 0 Å². The normalized spacial score (nSPS) is 24.9. The zero-order valence-corrected chi connectivity index (χ0v) is 12.2. The molecular formula is C13H31NO2. The summed E-state index contributed by atoms with van der Waals surface area (Å²) in [7, 11) is 5.69. The van der Waals surface area contributed by atoms with Crippen LogP contribution in [0.15, 0.2) is 0 Å². The molecule has 3 nitrogen and oxygen atoms in total. The lowest BCUT2D eigenvalue weighted by atomic mass is 9.96. The van der Waals surface area contributed by atoms with Gasteiger partial charge < -0.3 is 14.4 Å². The first-order chi connectivity index (χ1) is 7.77. The Labute approximate surface area is 102 Å². The minimum atomic E-state index is 0.390. The van der Waals surface area contributed by atoms with Gasteiger partial charge in [-0.1, -0.05) is 27.7 Å². The topological polar surface area (TPSA) is 21.7 Å². The first kappa shape index (κ1) is 18.3. The fourth-order valence-electron chi connectivity index (χ4n) is 1.88. The van der Waals surface area contributed by atoms with Crippen LogP contribution >= 0.6 is 0 Å². The molecule has 1 aliphatic rings. The Morgan fingerprint density at radius 3 is 2.12 bits per heavy atom.